The molecule has 0 aromatic carbocycles. The smallest absolute Gasteiger partial charge is 0.0433 e. The quantitative estimate of drug-likeness (QED) is 0.622. The summed E-state index contributed by atoms with van der Waals surface area (Å²) in [5, 5.41) is 17.9. The monoisotopic (exact) mass is 216 g/mol. The number of aliphatic hydroxyl groups is 2. The Balaban J connectivity index is 3.99. The van der Waals surface area contributed by atoms with Gasteiger partial charge in [0.05, 0.1) is 0 Å². The fourth-order valence-electron chi connectivity index (χ4n) is 2.25. The number of hydrogen-bond donors (Lipinski definition) is 2. The molecule has 0 unspecified atom stereocenters. The molecular formula is C13H28O2. The summed E-state index contributed by atoms with van der Waals surface area (Å²) in [6.45, 7) is 7.30. The van der Waals surface area contributed by atoms with Crippen molar-refractivity contribution in [2.24, 2.45) is 11.3 Å². The van der Waals surface area contributed by atoms with Crippen LogP contribution in [0.25, 0.3) is 0 Å². The highest BCUT2D eigenvalue weighted by molar-refractivity contribution is 4.73. The molecule has 0 aromatic rings. The van der Waals surface area contributed by atoms with Gasteiger partial charge in [0.1, 0.15) is 0 Å². The van der Waals surface area contributed by atoms with Crippen molar-refractivity contribution in [3.63, 3.8) is 0 Å². The van der Waals surface area contributed by atoms with E-state index < -0.39 is 0 Å². The summed E-state index contributed by atoms with van der Waals surface area (Å²) in [4.78, 5) is 0. The lowest BCUT2D eigenvalue weighted by Crippen LogP contribution is -2.19. The SMILES string of the molecule is CCCCC(C)(C)CC(CCO)CCO. The molecule has 0 radical (unpaired) electrons. The fraction of sp³-hybridized carbons (Fsp3) is 1.00. The predicted octanol–water partition coefficient (Wildman–Crippen LogP) is 2.97. The molecule has 0 atom stereocenters. The number of rotatable bonds is 9. The first-order valence-electron chi connectivity index (χ1n) is 6.27. The van der Waals surface area contributed by atoms with Gasteiger partial charge >= 0.3 is 0 Å². The normalized spacial score (nSPS) is 12.4. The molecule has 0 bridgehead atoms. The minimum absolute atomic E-state index is 0.245. The van der Waals surface area contributed by atoms with Crippen molar-refractivity contribution < 1.29 is 10.2 Å². The van der Waals surface area contributed by atoms with Gasteiger partial charge in [-0.05, 0) is 37.0 Å². The molecule has 2 N–H and O–H groups in total. The zero-order chi connectivity index (χ0) is 11.7. The molecule has 0 aromatic heterocycles. The Morgan fingerprint density at radius 1 is 1.07 bits per heavy atom. The minimum Gasteiger partial charge on any atom is -0.396 e. The Labute approximate surface area is 94.7 Å². The van der Waals surface area contributed by atoms with Crippen molar-refractivity contribution in [2.75, 3.05) is 13.2 Å². The Kier molecular flexibility index (Phi) is 8.07. The molecular weight excluding hydrogens is 188 g/mol. The summed E-state index contributed by atoms with van der Waals surface area (Å²) in [6.07, 6.45) is 6.54. The summed E-state index contributed by atoms with van der Waals surface area (Å²) < 4.78 is 0. The van der Waals surface area contributed by atoms with Crippen molar-refractivity contribution in [1.82, 2.24) is 0 Å². The van der Waals surface area contributed by atoms with Crippen LogP contribution in [-0.4, -0.2) is 23.4 Å². The van der Waals surface area contributed by atoms with Crippen LogP contribution in [0.5, 0.6) is 0 Å². The largest absolute Gasteiger partial charge is 0.396 e. The summed E-state index contributed by atoms with van der Waals surface area (Å²) in [5.41, 5.74) is 0.352. The zero-order valence-corrected chi connectivity index (χ0v) is 10.6. The lowest BCUT2D eigenvalue weighted by atomic mass is 9.77. The first-order valence-corrected chi connectivity index (χ1v) is 6.27. The average Bonchev–Trinajstić information content (AvgIpc) is 2.15. The molecule has 2 heteroatoms. The molecule has 0 rings (SSSR count). The van der Waals surface area contributed by atoms with Gasteiger partial charge in [0.2, 0.25) is 0 Å². The number of hydrogen-bond acceptors (Lipinski definition) is 2. The van der Waals surface area contributed by atoms with E-state index in [1.165, 1.54) is 19.3 Å². The maximum absolute atomic E-state index is 8.95. The Morgan fingerprint density at radius 3 is 2.00 bits per heavy atom. The van der Waals surface area contributed by atoms with Crippen LogP contribution in [0, 0.1) is 11.3 Å². The van der Waals surface area contributed by atoms with Crippen molar-refractivity contribution >= 4 is 0 Å². The van der Waals surface area contributed by atoms with Crippen molar-refractivity contribution in [3.05, 3.63) is 0 Å². The van der Waals surface area contributed by atoms with Crippen molar-refractivity contribution in [3.8, 4) is 0 Å². The van der Waals surface area contributed by atoms with E-state index in [-0.39, 0.29) is 13.2 Å². The van der Waals surface area contributed by atoms with E-state index in [9.17, 15) is 0 Å². The fourth-order valence-corrected chi connectivity index (χ4v) is 2.25. The van der Waals surface area contributed by atoms with E-state index in [1.807, 2.05) is 0 Å². The van der Waals surface area contributed by atoms with Gasteiger partial charge in [0, 0.05) is 13.2 Å². The van der Waals surface area contributed by atoms with Gasteiger partial charge in [-0.1, -0.05) is 33.6 Å². The highest BCUT2D eigenvalue weighted by atomic mass is 16.3. The van der Waals surface area contributed by atoms with Crippen LogP contribution in [0.1, 0.15) is 59.3 Å². The molecule has 0 amide bonds. The molecule has 2 nitrogen and oxygen atoms in total. The summed E-state index contributed by atoms with van der Waals surface area (Å²) >= 11 is 0. The second-order valence-corrected chi connectivity index (χ2v) is 5.36. The van der Waals surface area contributed by atoms with E-state index >= 15 is 0 Å². The van der Waals surface area contributed by atoms with Gasteiger partial charge in [-0.15, -0.1) is 0 Å². The lowest BCUT2D eigenvalue weighted by Gasteiger charge is -2.29. The van der Waals surface area contributed by atoms with Gasteiger partial charge in [-0.3, -0.25) is 0 Å². The topological polar surface area (TPSA) is 40.5 Å². The van der Waals surface area contributed by atoms with Crippen LogP contribution >= 0.6 is 0 Å². The standard InChI is InChI=1S/C13H28O2/c1-4-5-8-13(2,3)11-12(6-9-14)7-10-15/h12,14-15H,4-11H2,1-3H3. The Hall–Kier alpha value is -0.0800. The van der Waals surface area contributed by atoms with Crippen LogP contribution < -0.4 is 0 Å². The van der Waals surface area contributed by atoms with Crippen LogP contribution in [0.3, 0.4) is 0 Å². The van der Waals surface area contributed by atoms with Crippen molar-refractivity contribution in [1.29, 1.82) is 0 Å². The second-order valence-electron chi connectivity index (χ2n) is 5.36. The van der Waals surface area contributed by atoms with E-state index in [2.05, 4.69) is 20.8 Å². The third-order valence-corrected chi connectivity index (χ3v) is 3.12. The van der Waals surface area contributed by atoms with Gasteiger partial charge in [-0.25, -0.2) is 0 Å². The molecule has 92 valence electrons. The first kappa shape index (κ1) is 14.9. The van der Waals surface area contributed by atoms with E-state index in [0.717, 1.165) is 19.3 Å². The molecule has 0 spiro atoms. The molecule has 0 aliphatic rings. The van der Waals surface area contributed by atoms with Gasteiger partial charge in [-0.2, -0.15) is 0 Å². The summed E-state index contributed by atoms with van der Waals surface area (Å²) in [6, 6.07) is 0. The van der Waals surface area contributed by atoms with E-state index in [1.54, 1.807) is 0 Å². The third-order valence-electron chi connectivity index (χ3n) is 3.12. The highest BCUT2D eigenvalue weighted by Crippen LogP contribution is 2.33. The second kappa shape index (κ2) is 8.12. The van der Waals surface area contributed by atoms with E-state index in [4.69, 9.17) is 10.2 Å². The Morgan fingerprint density at radius 2 is 1.60 bits per heavy atom. The third kappa shape index (κ3) is 7.80. The van der Waals surface area contributed by atoms with Gasteiger partial charge in [0.15, 0.2) is 0 Å². The molecule has 15 heavy (non-hydrogen) atoms. The molecule has 0 fully saturated rings. The minimum atomic E-state index is 0.245. The van der Waals surface area contributed by atoms with Crippen molar-refractivity contribution in [2.45, 2.75) is 59.3 Å². The van der Waals surface area contributed by atoms with Crippen LogP contribution in [0.4, 0.5) is 0 Å². The van der Waals surface area contributed by atoms with Crippen LogP contribution in [0.15, 0.2) is 0 Å². The first-order chi connectivity index (χ1) is 7.05. The van der Waals surface area contributed by atoms with Crippen LogP contribution in [-0.2, 0) is 0 Å². The zero-order valence-electron chi connectivity index (χ0n) is 10.6. The maximum Gasteiger partial charge on any atom is 0.0433 e. The molecule has 0 aliphatic carbocycles. The predicted molar refractivity (Wildman–Crippen MR) is 64.8 cm³/mol. The number of aliphatic hydroxyl groups excluding tert-OH is 2. The van der Waals surface area contributed by atoms with Gasteiger partial charge < -0.3 is 10.2 Å². The summed E-state index contributed by atoms with van der Waals surface area (Å²) in [7, 11) is 0. The van der Waals surface area contributed by atoms with E-state index in [0.29, 0.717) is 11.3 Å². The molecule has 0 heterocycles. The Bertz CT molecular complexity index is 137. The molecule has 0 saturated carbocycles. The average molecular weight is 216 g/mol. The summed E-state index contributed by atoms with van der Waals surface area (Å²) in [5.74, 6) is 0.479. The lowest BCUT2D eigenvalue weighted by molar-refractivity contribution is 0.165. The highest BCUT2D eigenvalue weighted by Gasteiger charge is 2.22. The van der Waals surface area contributed by atoms with Gasteiger partial charge in [0.25, 0.3) is 0 Å². The molecule has 0 aliphatic heterocycles. The number of unbranched alkanes of at least 4 members (excludes halogenated alkanes) is 1. The molecule has 0 saturated heterocycles. The maximum atomic E-state index is 8.95. The van der Waals surface area contributed by atoms with Crippen LogP contribution in [0.2, 0.25) is 0 Å².